The second-order valence-corrected chi connectivity index (χ2v) is 4.46. The summed E-state index contributed by atoms with van der Waals surface area (Å²) in [5.41, 5.74) is 2.15. The van der Waals surface area contributed by atoms with Crippen LogP contribution in [0.5, 0.6) is 5.75 Å². The molecule has 0 saturated heterocycles. The number of nitrogens with zero attached hydrogens (tertiary/aromatic N) is 3. The van der Waals surface area contributed by atoms with Crippen LogP contribution in [0.4, 0.5) is 0 Å². The first-order valence-corrected chi connectivity index (χ1v) is 6.08. The molecule has 0 spiro atoms. The summed E-state index contributed by atoms with van der Waals surface area (Å²) in [5.74, 6) is 0.142. The summed E-state index contributed by atoms with van der Waals surface area (Å²) in [6.45, 7) is 0. The van der Waals surface area contributed by atoms with Gasteiger partial charge >= 0.3 is 0 Å². The van der Waals surface area contributed by atoms with E-state index in [0.717, 1.165) is 5.69 Å². The first-order chi connectivity index (χ1) is 9.25. The lowest BCUT2D eigenvalue weighted by molar-refractivity contribution is 0.477. The highest BCUT2D eigenvalue weighted by Crippen LogP contribution is 2.32. The Balaban J connectivity index is 2.18. The maximum atomic E-state index is 9.95. The SMILES string of the molecule is Oc1ccc(Cl)cc1-c1cnnn1-c1ccccc1. The fourth-order valence-electron chi connectivity index (χ4n) is 1.89. The fraction of sp³-hybridized carbons (Fsp3) is 0. The average Bonchev–Trinajstić information content (AvgIpc) is 2.91. The topological polar surface area (TPSA) is 50.9 Å². The lowest BCUT2D eigenvalue weighted by Gasteiger charge is -2.08. The van der Waals surface area contributed by atoms with E-state index < -0.39 is 0 Å². The summed E-state index contributed by atoms with van der Waals surface area (Å²) in [6.07, 6.45) is 1.60. The van der Waals surface area contributed by atoms with Gasteiger partial charge in [0.2, 0.25) is 0 Å². The van der Waals surface area contributed by atoms with Crippen molar-refractivity contribution in [2.45, 2.75) is 0 Å². The summed E-state index contributed by atoms with van der Waals surface area (Å²) in [6, 6.07) is 14.5. The minimum Gasteiger partial charge on any atom is -0.507 e. The molecule has 0 bridgehead atoms. The number of hydrogen-bond donors (Lipinski definition) is 1. The maximum Gasteiger partial charge on any atom is 0.125 e. The monoisotopic (exact) mass is 271 g/mol. The van der Waals surface area contributed by atoms with Crippen molar-refractivity contribution in [1.82, 2.24) is 15.0 Å². The molecular formula is C14H10ClN3O. The van der Waals surface area contributed by atoms with Gasteiger partial charge in [-0.05, 0) is 30.3 Å². The van der Waals surface area contributed by atoms with Gasteiger partial charge in [0.05, 0.1) is 17.6 Å². The Kier molecular flexibility index (Phi) is 2.93. The van der Waals surface area contributed by atoms with Gasteiger partial charge in [-0.15, -0.1) is 5.10 Å². The number of rotatable bonds is 2. The number of aromatic hydroxyl groups is 1. The molecule has 0 atom stereocenters. The standard InChI is InChI=1S/C14H10ClN3O/c15-10-6-7-14(19)12(8-10)13-9-16-17-18(13)11-4-2-1-3-5-11/h1-9,19H. The van der Waals surface area contributed by atoms with E-state index in [2.05, 4.69) is 10.3 Å². The minimum atomic E-state index is 0.142. The Morgan fingerprint density at radius 1 is 1.05 bits per heavy atom. The zero-order valence-electron chi connectivity index (χ0n) is 9.86. The van der Waals surface area contributed by atoms with Gasteiger partial charge in [0, 0.05) is 10.6 Å². The third-order valence-electron chi connectivity index (χ3n) is 2.78. The van der Waals surface area contributed by atoms with Crippen molar-refractivity contribution in [1.29, 1.82) is 0 Å². The van der Waals surface area contributed by atoms with Crippen molar-refractivity contribution in [3.8, 4) is 22.7 Å². The zero-order chi connectivity index (χ0) is 13.2. The van der Waals surface area contributed by atoms with Crippen LogP contribution in [0.3, 0.4) is 0 Å². The quantitative estimate of drug-likeness (QED) is 0.778. The third-order valence-corrected chi connectivity index (χ3v) is 3.02. The number of halogens is 1. The first-order valence-electron chi connectivity index (χ1n) is 5.71. The van der Waals surface area contributed by atoms with Crippen molar-refractivity contribution in [2.75, 3.05) is 0 Å². The highest BCUT2D eigenvalue weighted by atomic mass is 35.5. The fourth-order valence-corrected chi connectivity index (χ4v) is 2.06. The smallest absolute Gasteiger partial charge is 0.125 e. The number of para-hydroxylation sites is 1. The molecule has 94 valence electrons. The van der Waals surface area contributed by atoms with Crippen molar-refractivity contribution in [2.24, 2.45) is 0 Å². The van der Waals surface area contributed by atoms with Crippen LogP contribution in [0.2, 0.25) is 5.02 Å². The van der Waals surface area contributed by atoms with Gasteiger partial charge in [-0.25, -0.2) is 4.68 Å². The van der Waals surface area contributed by atoms with Crippen LogP contribution >= 0.6 is 11.6 Å². The highest BCUT2D eigenvalue weighted by Gasteiger charge is 2.12. The van der Waals surface area contributed by atoms with E-state index in [1.165, 1.54) is 0 Å². The summed E-state index contributed by atoms with van der Waals surface area (Å²) < 4.78 is 1.66. The first kappa shape index (κ1) is 11.7. The number of aromatic nitrogens is 3. The Hall–Kier alpha value is -2.33. The lowest BCUT2D eigenvalue weighted by atomic mass is 10.1. The van der Waals surface area contributed by atoms with E-state index in [4.69, 9.17) is 11.6 Å². The molecule has 1 aromatic heterocycles. The summed E-state index contributed by atoms with van der Waals surface area (Å²) in [4.78, 5) is 0. The molecule has 0 amide bonds. The summed E-state index contributed by atoms with van der Waals surface area (Å²) >= 11 is 5.97. The van der Waals surface area contributed by atoms with Crippen molar-refractivity contribution >= 4 is 11.6 Å². The summed E-state index contributed by atoms with van der Waals surface area (Å²) in [5, 5.41) is 18.5. The largest absolute Gasteiger partial charge is 0.507 e. The van der Waals surface area contributed by atoms with Crippen LogP contribution in [0, 0.1) is 0 Å². The second kappa shape index (κ2) is 4.74. The van der Waals surface area contributed by atoms with Crippen LogP contribution < -0.4 is 0 Å². The Bertz CT molecular complexity index is 710. The van der Waals surface area contributed by atoms with Crippen LogP contribution in [0.1, 0.15) is 0 Å². The average molecular weight is 272 g/mol. The van der Waals surface area contributed by atoms with E-state index in [0.29, 0.717) is 16.3 Å². The Labute approximate surface area is 114 Å². The molecule has 0 aliphatic heterocycles. The normalized spacial score (nSPS) is 10.6. The molecule has 4 nitrogen and oxygen atoms in total. The maximum absolute atomic E-state index is 9.95. The van der Waals surface area contributed by atoms with Crippen LogP contribution in [0.25, 0.3) is 16.9 Å². The lowest BCUT2D eigenvalue weighted by Crippen LogP contribution is -1.99. The van der Waals surface area contributed by atoms with Crippen molar-refractivity contribution in [3.63, 3.8) is 0 Å². The molecule has 0 saturated carbocycles. The Morgan fingerprint density at radius 3 is 2.63 bits per heavy atom. The van der Waals surface area contributed by atoms with E-state index in [-0.39, 0.29) is 5.75 Å². The molecule has 0 aliphatic carbocycles. The van der Waals surface area contributed by atoms with Gasteiger partial charge in [-0.2, -0.15) is 0 Å². The molecule has 2 aromatic carbocycles. The predicted molar refractivity (Wildman–Crippen MR) is 73.5 cm³/mol. The molecular weight excluding hydrogens is 262 g/mol. The van der Waals surface area contributed by atoms with E-state index >= 15 is 0 Å². The minimum absolute atomic E-state index is 0.142. The second-order valence-electron chi connectivity index (χ2n) is 4.03. The van der Waals surface area contributed by atoms with Crippen LogP contribution in [0.15, 0.2) is 54.7 Å². The van der Waals surface area contributed by atoms with Crippen LogP contribution in [-0.2, 0) is 0 Å². The summed E-state index contributed by atoms with van der Waals surface area (Å²) in [7, 11) is 0. The molecule has 5 heteroatoms. The molecule has 1 heterocycles. The Morgan fingerprint density at radius 2 is 1.84 bits per heavy atom. The molecule has 0 aliphatic rings. The number of phenolic OH excluding ortho intramolecular Hbond substituents is 1. The molecule has 0 radical (unpaired) electrons. The molecule has 1 N–H and O–H groups in total. The third kappa shape index (κ3) is 2.18. The van der Waals surface area contributed by atoms with E-state index in [9.17, 15) is 5.11 Å². The molecule has 19 heavy (non-hydrogen) atoms. The van der Waals surface area contributed by atoms with Gasteiger partial charge < -0.3 is 5.11 Å². The van der Waals surface area contributed by atoms with Gasteiger partial charge in [0.1, 0.15) is 5.75 Å². The van der Waals surface area contributed by atoms with Gasteiger partial charge in [0.25, 0.3) is 0 Å². The highest BCUT2D eigenvalue weighted by molar-refractivity contribution is 6.30. The van der Waals surface area contributed by atoms with Crippen molar-refractivity contribution < 1.29 is 5.11 Å². The molecule has 3 rings (SSSR count). The van der Waals surface area contributed by atoms with E-state index in [1.807, 2.05) is 30.3 Å². The van der Waals surface area contributed by atoms with Crippen LogP contribution in [-0.4, -0.2) is 20.1 Å². The number of phenols is 1. The van der Waals surface area contributed by atoms with Crippen molar-refractivity contribution in [3.05, 3.63) is 59.8 Å². The molecule has 3 aromatic rings. The van der Waals surface area contributed by atoms with E-state index in [1.54, 1.807) is 29.1 Å². The molecule has 0 fully saturated rings. The zero-order valence-corrected chi connectivity index (χ0v) is 10.6. The van der Waals surface area contributed by atoms with Gasteiger partial charge in [-0.3, -0.25) is 0 Å². The predicted octanol–water partition coefficient (Wildman–Crippen LogP) is 3.29. The van der Waals surface area contributed by atoms with Gasteiger partial charge in [-0.1, -0.05) is 35.0 Å². The number of hydrogen-bond acceptors (Lipinski definition) is 3. The van der Waals surface area contributed by atoms with Gasteiger partial charge in [0.15, 0.2) is 0 Å². The molecule has 0 unspecified atom stereocenters. The number of benzene rings is 2.